The number of piperidine rings is 1. The Morgan fingerprint density at radius 3 is 2.89 bits per heavy atom. The Bertz CT molecular complexity index is 473. The lowest BCUT2D eigenvalue weighted by Gasteiger charge is -2.34. The van der Waals surface area contributed by atoms with Gasteiger partial charge >= 0.3 is 0 Å². The fourth-order valence-corrected chi connectivity index (χ4v) is 2.56. The minimum atomic E-state index is 0.0563. The zero-order valence-corrected chi connectivity index (χ0v) is 11.9. The van der Waals surface area contributed by atoms with Crippen LogP contribution in [0.2, 0.25) is 0 Å². The minimum absolute atomic E-state index is 0.0563. The lowest BCUT2D eigenvalue weighted by atomic mass is 9.92. The van der Waals surface area contributed by atoms with Gasteiger partial charge in [0.1, 0.15) is 0 Å². The maximum absolute atomic E-state index is 12.6. The number of hydrogen-bond acceptors (Lipinski definition) is 4. The first kappa shape index (κ1) is 13.9. The van der Waals surface area contributed by atoms with Crippen molar-refractivity contribution in [3.63, 3.8) is 0 Å². The van der Waals surface area contributed by atoms with Crippen molar-refractivity contribution in [2.24, 2.45) is 11.7 Å². The summed E-state index contributed by atoms with van der Waals surface area (Å²) in [6.07, 6.45) is 2.13. The lowest BCUT2D eigenvalue weighted by molar-refractivity contribution is 0.0659. The van der Waals surface area contributed by atoms with Gasteiger partial charge < -0.3 is 10.6 Å². The van der Waals surface area contributed by atoms with E-state index >= 15 is 0 Å². The Hall–Kier alpha value is -1.49. The quantitative estimate of drug-likeness (QED) is 0.871. The Kier molecular flexibility index (Phi) is 4.14. The monoisotopic (exact) mass is 262 g/mol. The van der Waals surface area contributed by atoms with Crippen LogP contribution in [0.1, 0.15) is 41.5 Å². The molecule has 1 saturated heterocycles. The van der Waals surface area contributed by atoms with Crippen molar-refractivity contribution in [1.29, 1.82) is 0 Å². The van der Waals surface area contributed by atoms with Crippen LogP contribution in [0.25, 0.3) is 0 Å². The molecule has 0 spiro atoms. The molecule has 104 valence electrons. The summed E-state index contributed by atoms with van der Waals surface area (Å²) in [5, 5.41) is 8.00. The first-order valence-electron chi connectivity index (χ1n) is 6.85. The smallest absolute Gasteiger partial charge is 0.255 e. The highest BCUT2D eigenvalue weighted by molar-refractivity contribution is 5.95. The van der Waals surface area contributed by atoms with E-state index in [1.807, 2.05) is 31.7 Å². The summed E-state index contributed by atoms with van der Waals surface area (Å²) in [6.45, 7) is 7.25. The van der Waals surface area contributed by atoms with Gasteiger partial charge in [-0.1, -0.05) is 0 Å². The zero-order chi connectivity index (χ0) is 14.0. The molecule has 1 aliphatic heterocycles. The highest BCUT2D eigenvalue weighted by Crippen LogP contribution is 2.21. The van der Waals surface area contributed by atoms with E-state index in [-0.39, 0.29) is 11.9 Å². The van der Waals surface area contributed by atoms with Crippen LogP contribution in [0.5, 0.6) is 0 Å². The number of likely N-dealkylation sites (tertiary alicyclic amines) is 1. The third-order valence-electron chi connectivity index (χ3n) is 3.82. The number of amides is 1. The lowest BCUT2D eigenvalue weighted by Crippen LogP contribution is -2.45. The zero-order valence-electron chi connectivity index (χ0n) is 11.9. The van der Waals surface area contributed by atoms with E-state index in [1.165, 1.54) is 0 Å². The van der Waals surface area contributed by atoms with Crippen molar-refractivity contribution in [3.05, 3.63) is 23.0 Å². The van der Waals surface area contributed by atoms with Gasteiger partial charge in [0, 0.05) is 19.1 Å². The number of nitrogens with two attached hydrogens (primary N) is 1. The van der Waals surface area contributed by atoms with Gasteiger partial charge in [0.05, 0.1) is 17.0 Å². The van der Waals surface area contributed by atoms with Gasteiger partial charge in [0.15, 0.2) is 0 Å². The molecule has 1 aromatic heterocycles. The Morgan fingerprint density at radius 2 is 2.21 bits per heavy atom. The highest BCUT2D eigenvalue weighted by Gasteiger charge is 2.27. The van der Waals surface area contributed by atoms with Crippen molar-refractivity contribution < 1.29 is 4.79 Å². The van der Waals surface area contributed by atoms with Gasteiger partial charge in [0.25, 0.3) is 5.91 Å². The van der Waals surface area contributed by atoms with Crippen LogP contribution in [0, 0.1) is 19.8 Å². The van der Waals surface area contributed by atoms with Crippen LogP contribution < -0.4 is 5.73 Å². The molecule has 1 amide bonds. The summed E-state index contributed by atoms with van der Waals surface area (Å²) >= 11 is 0. The predicted molar refractivity (Wildman–Crippen MR) is 73.8 cm³/mol. The molecule has 0 aromatic carbocycles. The molecule has 2 unspecified atom stereocenters. The molecule has 0 radical (unpaired) electrons. The number of nitrogens with zero attached hydrogens (tertiary/aromatic N) is 3. The second-order valence-corrected chi connectivity index (χ2v) is 5.50. The number of rotatable bonds is 2. The molecule has 2 N–H and O–H groups in total. The molecule has 2 heterocycles. The van der Waals surface area contributed by atoms with Crippen molar-refractivity contribution in [3.8, 4) is 0 Å². The molecular formula is C14H22N4O. The average molecular weight is 262 g/mol. The molecule has 0 saturated carbocycles. The molecule has 2 rings (SSSR count). The second kappa shape index (κ2) is 5.65. The number of carbonyl (C=O) groups excluding carboxylic acids is 1. The molecular weight excluding hydrogens is 240 g/mol. The van der Waals surface area contributed by atoms with E-state index in [0.717, 1.165) is 31.6 Å². The van der Waals surface area contributed by atoms with Gasteiger partial charge in [-0.2, -0.15) is 10.2 Å². The molecule has 2 atom stereocenters. The van der Waals surface area contributed by atoms with E-state index in [4.69, 9.17) is 5.73 Å². The van der Waals surface area contributed by atoms with Crippen molar-refractivity contribution in [2.45, 2.75) is 39.7 Å². The predicted octanol–water partition coefficient (Wildman–Crippen LogP) is 1.29. The fraction of sp³-hybridized carbons (Fsp3) is 0.643. The van der Waals surface area contributed by atoms with E-state index < -0.39 is 0 Å². The summed E-state index contributed by atoms with van der Waals surface area (Å²) in [7, 11) is 0. The normalized spacial score (nSPS) is 21.3. The van der Waals surface area contributed by atoms with Crippen molar-refractivity contribution >= 4 is 5.91 Å². The van der Waals surface area contributed by atoms with Crippen LogP contribution in [0.3, 0.4) is 0 Å². The second-order valence-electron chi connectivity index (χ2n) is 5.50. The first-order valence-corrected chi connectivity index (χ1v) is 6.85. The Labute approximate surface area is 114 Å². The van der Waals surface area contributed by atoms with E-state index in [0.29, 0.717) is 17.2 Å². The topological polar surface area (TPSA) is 72.1 Å². The van der Waals surface area contributed by atoms with Gasteiger partial charge in [-0.15, -0.1) is 0 Å². The van der Waals surface area contributed by atoms with Gasteiger partial charge in [-0.25, -0.2) is 0 Å². The van der Waals surface area contributed by atoms with Gasteiger partial charge in [0.2, 0.25) is 0 Å². The van der Waals surface area contributed by atoms with Gasteiger partial charge in [-0.05, 0) is 45.6 Å². The first-order chi connectivity index (χ1) is 8.99. The molecule has 19 heavy (non-hydrogen) atoms. The fourth-order valence-electron chi connectivity index (χ4n) is 2.56. The van der Waals surface area contributed by atoms with Crippen LogP contribution in [0.15, 0.2) is 6.07 Å². The molecule has 1 fully saturated rings. The van der Waals surface area contributed by atoms with E-state index in [1.54, 1.807) is 0 Å². The van der Waals surface area contributed by atoms with Crippen molar-refractivity contribution in [2.75, 3.05) is 13.1 Å². The summed E-state index contributed by atoms with van der Waals surface area (Å²) in [5.41, 5.74) is 8.09. The van der Waals surface area contributed by atoms with Crippen LogP contribution in [-0.4, -0.2) is 40.1 Å². The minimum Gasteiger partial charge on any atom is -0.338 e. The molecule has 5 heteroatoms. The average Bonchev–Trinajstić information content (AvgIpc) is 2.41. The molecule has 1 aliphatic rings. The summed E-state index contributed by atoms with van der Waals surface area (Å²) in [5.74, 6) is 0.453. The number of carbonyl (C=O) groups is 1. The maximum Gasteiger partial charge on any atom is 0.255 e. The number of aromatic nitrogens is 2. The third kappa shape index (κ3) is 3.10. The highest BCUT2D eigenvalue weighted by atomic mass is 16.2. The standard InChI is InChI=1S/C14H22N4O/c1-9-7-13(11(3)17-16-9)14(19)18-6-4-5-12(8-18)10(2)15/h7,10,12H,4-6,8,15H2,1-3H3. The van der Waals surface area contributed by atoms with Crippen LogP contribution >= 0.6 is 0 Å². The maximum atomic E-state index is 12.6. The van der Waals surface area contributed by atoms with Crippen LogP contribution in [-0.2, 0) is 0 Å². The summed E-state index contributed by atoms with van der Waals surface area (Å²) in [6, 6.07) is 1.95. The largest absolute Gasteiger partial charge is 0.338 e. The van der Waals surface area contributed by atoms with Crippen LogP contribution in [0.4, 0.5) is 0 Å². The third-order valence-corrected chi connectivity index (χ3v) is 3.82. The molecule has 1 aromatic rings. The van der Waals surface area contributed by atoms with Gasteiger partial charge in [-0.3, -0.25) is 4.79 Å². The van der Waals surface area contributed by atoms with E-state index in [2.05, 4.69) is 10.2 Å². The Balaban J connectivity index is 2.17. The number of hydrogen-bond donors (Lipinski definition) is 1. The van der Waals surface area contributed by atoms with E-state index in [9.17, 15) is 4.79 Å². The molecule has 5 nitrogen and oxygen atoms in total. The number of aryl methyl sites for hydroxylation is 2. The summed E-state index contributed by atoms with van der Waals surface area (Å²) in [4.78, 5) is 14.5. The molecule has 0 bridgehead atoms. The summed E-state index contributed by atoms with van der Waals surface area (Å²) < 4.78 is 0. The molecule has 0 aliphatic carbocycles. The SMILES string of the molecule is Cc1cc(C(=O)N2CCCC(C(C)N)C2)c(C)nn1. The Morgan fingerprint density at radius 1 is 1.47 bits per heavy atom. The van der Waals surface area contributed by atoms with Crippen molar-refractivity contribution in [1.82, 2.24) is 15.1 Å².